The molecule has 0 spiro atoms. The van der Waals surface area contributed by atoms with Gasteiger partial charge in [0.1, 0.15) is 0 Å². The largest absolute Gasteiger partial charge is 0.382 e. The second kappa shape index (κ2) is 5.75. The SMILES string of the molecule is [2H]C(OCCOC)c1ccccc1. The Morgan fingerprint density at radius 3 is 2.67 bits per heavy atom. The van der Waals surface area contributed by atoms with E-state index < -0.39 is 6.58 Å². The standard InChI is InChI=1S/C10H14O2/c1-11-7-8-12-9-10-5-3-2-4-6-10/h2-6H,7-9H2,1H3/i9D. The van der Waals surface area contributed by atoms with Crippen molar-refractivity contribution >= 4 is 0 Å². The van der Waals surface area contributed by atoms with Crippen molar-refractivity contribution in [2.75, 3.05) is 20.3 Å². The van der Waals surface area contributed by atoms with Crippen LogP contribution >= 0.6 is 0 Å². The number of ether oxygens (including phenoxy) is 2. The summed E-state index contributed by atoms with van der Waals surface area (Å²) in [6, 6.07) is 9.48. The quantitative estimate of drug-likeness (QED) is 0.623. The third kappa shape index (κ3) is 3.51. The van der Waals surface area contributed by atoms with Crippen LogP contribution in [-0.4, -0.2) is 20.3 Å². The van der Waals surface area contributed by atoms with Gasteiger partial charge in [0, 0.05) is 7.11 Å². The summed E-state index contributed by atoms with van der Waals surface area (Å²) in [5, 5.41) is 0. The maximum atomic E-state index is 7.61. The van der Waals surface area contributed by atoms with Gasteiger partial charge in [-0.1, -0.05) is 30.3 Å². The summed E-state index contributed by atoms with van der Waals surface area (Å²) in [6.45, 7) is 0.387. The van der Waals surface area contributed by atoms with Crippen LogP contribution in [0.4, 0.5) is 0 Å². The molecule has 0 aromatic heterocycles. The van der Waals surface area contributed by atoms with E-state index >= 15 is 0 Å². The summed E-state index contributed by atoms with van der Waals surface area (Å²) < 4.78 is 17.6. The molecular formula is C10H14O2. The van der Waals surface area contributed by atoms with Crippen molar-refractivity contribution in [3.05, 3.63) is 35.9 Å². The van der Waals surface area contributed by atoms with Crippen molar-refractivity contribution in [2.24, 2.45) is 0 Å². The minimum Gasteiger partial charge on any atom is -0.382 e. The molecule has 0 saturated carbocycles. The highest BCUT2D eigenvalue weighted by atomic mass is 16.5. The first kappa shape index (κ1) is 7.77. The van der Waals surface area contributed by atoms with Gasteiger partial charge < -0.3 is 9.47 Å². The summed E-state index contributed by atoms with van der Waals surface area (Å²) >= 11 is 0. The van der Waals surface area contributed by atoms with Crippen LogP contribution in [-0.2, 0) is 16.1 Å². The molecule has 0 saturated heterocycles. The lowest BCUT2D eigenvalue weighted by atomic mass is 10.2. The molecule has 0 radical (unpaired) electrons. The summed E-state index contributed by atoms with van der Waals surface area (Å²) in [5.74, 6) is 0. The van der Waals surface area contributed by atoms with Crippen molar-refractivity contribution in [1.29, 1.82) is 0 Å². The minimum atomic E-state index is -0.601. The van der Waals surface area contributed by atoms with Crippen molar-refractivity contribution in [2.45, 2.75) is 6.58 Å². The van der Waals surface area contributed by atoms with E-state index in [9.17, 15) is 0 Å². The van der Waals surface area contributed by atoms with Crippen LogP contribution < -0.4 is 0 Å². The zero-order chi connectivity index (χ0) is 9.52. The third-order valence-corrected chi connectivity index (χ3v) is 1.42. The van der Waals surface area contributed by atoms with Gasteiger partial charge in [0.25, 0.3) is 0 Å². The minimum absolute atomic E-state index is 0.458. The van der Waals surface area contributed by atoms with Gasteiger partial charge in [-0.2, -0.15) is 0 Å². The van der Waals surface area contributed by atoms with Crippen molar-refractivity contribution < 1.29 is 10.8 Å². The molecule has 0 fully saturated rings. The van der Waals surface area contributed by atoms with Gasteiger partial charge in [-0.15, -0.1) is 0 Å². The molecule has 2 nitrogen and oxygen atoms in total. The van der Waals surface area contributed by atoms with Crippen LogP contribution in [0, 0.1) is 0 Å². The van der Waals surface area contributed by atoms with Gasteiger partial charge in [0.15, 0.2) is 0 Å². The third-order valence-electron chi connectivity index (χ3n) is 1.42. The van der Waals surface area contributed by atoms with Crippen LogP contribution in [0.2, 0.25) is 0 Å². The van der Waals surface area contributed by atoms with Crippen molar-refractivity contribution in [1.82, 2.24) is 0 Å². The lowest BCUT2D eigenvalue weighted by Gasteiger charge is -2.02. The smallest absolute Gasteiger partial charge is 0.0718 e. The van der Waals surface area contributed by atoms with Crippen LogP contribution in [0.15, 0.2) is 30.3 Å². The zero-order valence-electron chi connectivity index (χ0n) is 8.19. The summed E-state index contributed by atoms with van der Waals surface area (Å²) in [6.07, 6.45) is 0. The van der Waals surface area contributed by atoms with Gasteiger partial charge in [-0.3, -0.25) is 0 Å². The maximum absolute atomic E-state index is 7.61. The Labute approximate surface area is 74.5 Å². The average Bonchev–Trinajstić information content (AvgIpc) is 2.19. The van der Waals surface area contributed by atoms with Crippen LogP contribution in [0.3, 0.4) is 0 Å². The van der Waals surface area contributed by atoms with Gasteiger partial charge in [0.05, 0.1) is 21.2 Å². The topological polar surface area (TPSA) is 18.5 Å². The molecule has 1 rings (SSSR count). The Morgan fingerprint density at radius 1 is 1.25 bits per heavy atom. The van der Waals surface area contributed by atoms with Crippen LogP contribution in [0.1, 0.15) is 6.93 Å². The summed E-state index contributed by atoms with van der Waals surface area (Å²) in [7, 11) is 1.62. The first-order chi connectivity index (χ1) is 6.34. The highest BCUT2D eigenvalue weighted by Gasteiger charge is 1.89. The molecule has 1 aromatic carbocycles. The first-order valence-electron chi connectivity index (χ1n) is 4.50. The number of rotatable bonds is 5. The van der Waals surface area contributed by atoms with E-state index in [4.69, 9.17) is 10.8 Å². The molecule has 1 aromatic rings. The molecule has 1 unspecified atom stereocenters. The van der Waals surface area contributed by atoms with E-state index in [1.54, 1.807) is 7.11 Å². The Bertz CT molecular complexity index is 226. The molecular weight excluding hydrogens is 152 g/mol. The highest BCUT2D eigenvalue weighted by Crippen LogP contribution is 1.99. The second-order valence-corrected chi connectivity index (χ2v) is 2.39. The fourth-order valence-corrected chi connectivity index (χ4v) is 0.818. The highest BCUT2D eigenvalue weighted by molar-refractivity contribution is 5.13. The fourth-order valence-electron chi connectivity index (χ4n) is 0.818. The summed E-state index contributed by atoms with van der Waals surface area (Å²) in [5.41, 5.74) is 0.874. The average molecular weight is 167 g/mol. The molecule has 66 valence electrons. The lowest BCUT2D eigenvalue weighted by Crippen LogP contribution is -2.01. The normalized spacial score (nSPS) is 13.9. The molecule has 0 bridgehead atoms. The van der Waals surface area contributed by atoms with Crippen LogP contribution in [0.25, 0.3) is 0 Å². The Kier molecular flexibility index (Phi) is 3.72. The number of methoxy groups -OCH3 is 1. The number of hydrogen-bond acceptors (Lipinski definition) is 2. The monoisotopic (exact) mass is 167 g/mol. The fraction of sp³-hybridized carbons (Fsp3) is 0.400. The Balaban J connectivity index is 2.35. The Morgan fingerprint density at radius 2 is 2.00 bits per heavy atom. The summed E-state index contributed by atoms with van der Waals surface area (Å²) in [4.78, 5) is 0. The Hall–Kier alpha value is -0.860. The molecule has 0 aliphatic rings. The number of hydrogen-bond donors (Lipinski definition) is 0. The molecule has 0 amide bonds. The molecule has 0 heterocycles. The van der Waals surface area contributed by atoms with E-state index in [-0.39, 0.29) is 0 Å². The molecule has 0 N–H and O–H groups in total. The van der Waals surface area contributed by atoms with Crippen molar-refractivity contribution in [3.63, 3.8) is 0 Å². The molecule has 2 heteroatoms. The number of benzene rings is 1. The van der Waals surface area contributed by atoms with Gasteiger partial charge in [-0.25, -0.2) is 0 Å². The van der Waals surface area contributed by atoms with Crippen LogP contribution in [0.5, 0.6) is 0 Å². The van der Waals surface area contributed by atoms with E-state index in [1.165, 1.54) is 0 Å². The maximum Gasteiger partial charge on any atom is 0.0718 e. The zero-order valence-corrected chi connectivity index (χ0v) is 7.19. The molecule has 1 atom stereocenters. The molecule has 0 aliphatic carbocycles. The molecule has 12 heavy (non-hydrogen) atoms. The van der Waals surface area contributed by atoms with Gasteiger partial charge in [0.2, 0.25) is 0 Å². The van der Waals surface area contributed by atoms with E-state index in [0.717, 1.165) is 5.56 Å². The van der Waals surface area contributed by atoms with E-state index in [0.29, 0.717) is 13.2 Å². The first-order valence-corrected chi connectivity index (χ1v) is 3.92. The predicted molar refractivity (Wildman–Crippen MR) is 48.0 cm³/mol. The lowest BCUT2D eigenvalue weighted by molar-refractivity contribution is 0.0616. The van der Waals surface area contributed by atoms with E-state index in [1.807, 2.05) is 30.3 Å². The second-order valence-electron chi connectivity index (χ2n) is 2.39. The van der Waals surface area contributed by atoms with Gasteiger partial charge in [-0.05, 0) is 5.56 Å². The van der Waals surface area contributed by atoms with Crippen molar-refractivity contribution in [3.8, 4) is 0 Å². The predicted octanol–water partition coefficient (Wildman–Crippen LogP) is 1.85. The van der Waals surface area contributed by atoms with Gasteiger partial charge >= 0.3 is 0 Å². The molecule has 0 aliphatic heterocycles. The van der Waals surface area contributed by atoms with E-state index in [2.05, 4.69) is 0 Å².